The lowest BCUT2D eigenvalue weighted by Crippen LogP contribution is -2.34. The van der Waals surface area contributed by atoms with Gasteiger partial charge in [-0.15, -0.1) is 0 Å². The maximum atomic E-state index is 13.5. The summed E-state index contributed by atoms with van der Waals surface area (Å²) in [6.45, 7) is 0.522. The minimum Gasteiger partial charge on any atom is -0.300 e. The number of halogens is 1. The molecule has 0 heterocycles. The molecule has 1 aliphatic rings. The highest BCUT2D eigenvalue weighted by Crippen LogP contribution is 2.23. The van der Waals surface area contributed by atoms with Crippen LogP contribution in [0.2, 0.25) is 0 Å². The van der Waals surface area contributed by atoms with Crippen LogP contribution in [0.4, 0.5) is 10.1 Å². The second-order valence-electron chi connectivity index (χ2n) is 5.23. The molecule has 20 heavy (non-hydrogen) atoms. The highest BCUT2D eigenvalue weighted by atomic mass is 19.1. The Bertz CT molecular complexity index is 523. The third-order valence-electron chi connectivity index (χ3n) is 3.78. The highest BCUT2D eigenvalue weighted by Gasteiger charge is 2.22. The zero-order valence-electron chi connectivity index (χ0n) is 11.3. The highest BCUT2D eigenvalue weighted by molar-refractivity contribution is 5.79. The first-order valence-electron chi connectivity index (χ1n) is 6.62. The summed E-state index contributed by atoms with van der Waals surface area (Å²) in [5.41, 5.74) is 0.201. The van der Waals surface area contributed by atoms with Crippen molar-refractivity contribution in [1.29, 1.82) is 0 Å². The summed E-state index contributed by atoms with van der Waals surface area (Å²) in [6.07, 6.45) is 2.85. The van der Waals surface area contributed by atoms with Crippen LogP contribution in [0.3, 0.4) is 0 Å². The molecule has 1 saturated carbocycles. The molecule has 1 aromatic rings. The lowest BCUT2D eigenvalue weighted by molar-refractivity contribution is -0.387. The van der Waals surface area contributed by atoms with Gasteiger partial charge in [-0.2, -0.15) is 4.39 Å². The summed E-state index contributed by atoms with van der Waals surface area (Å²) in [6, 6.07) is 4.29. The molecule has 0 saturated heterocycles. The fraction of sp³-hybridized carbons (Fsp3) is 0.500. The van der Waals surface area contributed by atoms with Crippen LogP contribution in [0, 0.1) is 15.9 Å². The molecule has 1 aliphatic carbocycles. The Labute approximate surface area is 116 Å². The van der Waals surface area contributed by atoms with E-state index in [0.717, 1.165) is 12.8 Å². The number of Topliss-reactive ketones (excluding diaryl/α,β-unsaturated/α-hetero) is 1. The Morgan fingerprint density at radius 3 is 2.60 bits per heavy atom. The molecule has 0 aromatic heterocycles. The van der Waals surface area contributed by atoms with E-state index in [1.165, 1.54) is 12.1 Å². The van der Waals surface area contributed by atoms with Crippen molar-refractivity contribution in [2.24, 2.45) is 0 Å². The number of benzene rings is 1. The molecule has 0 unspecified atom stereocenters. The van der Waals surface area contributed by atoms with Gasteiger partial charge in [-0.25, -0.2) is 0 Å². The van der Waals surface area contributed by atoms with E-state index in [2.05, 4.69) is 4.90 Å². The van der Waals surface area contributed by atoms with E-state index >= 15 is 0 Å². The molecule has 0 bridgehead atoms. The van der Waals surface area contributed by atoms with Crippen molar-refractivity contribution in [2.75, 3.05) is 7.05 Å². The number of nitro groups is 1. The van der Waals surface area contributed by atoms with Gasteiger partial charge in [0.1, 0.15) is 5.78 Å². The van der Waals surface area contributed by atoms with Crippen LogP contribution in [-0.2, 0) is 11.3 Å². The maximum absolute atomic E-state index is 13.5. The van der Waals surface area contributed by atoms with Crippen molar-refractivity contribution in [3.05, 3.63) is 39.7 Å². The molecule has 108 valence electrons. The molecule has 0 spiro atoms. The molecule has 5 nitrogen and oxygen atoms in total. The number of rotatable bonds is 4. The molecular weight excluding hydrogens is 263 g/mol. The molecule has 0 amide bonds. The zero-order chi connectivity index (χ0) is 14.7. The van der Waals surface area contributed by atoms with Gasteiger partial charge < -0.3 is 0 Å². The lowest BCUT2D eigenvalue weighted by atomic mass is 9.93. The summed E-state index contributed by atoms with van der Waals surface area (Å²) in [5, 5.41) is 10.6. The van der Waals surface area contributed by atoms with Crippen LogP contribution >= 0.6 is 0 Å². The fourth-order valence-electron chi connectivity index (χ4n) is 2.58. The number of hydrogen-bond donors (Lipinski definition) is 0. The Hall–Kier alpha value is -1.82. The number of carbonyl (C=O) groups excluding carboxylic acids is 1. The zero-order valence-corrected chi connectivity index (χ0v) is 11.3. The minimum atomic E-state index is -0.806. The molecular formula is C14H17FN2O3. The number of carbonyl (C=O) groups is 1. The van der Waals surface area contributed by atoms with Crippen molar-refractivity contribution >= 4 is 11.5 Å². The maximum Gasteiger partial charge on any atom is 0.304 e. The molecule has 0 atom stereocenters. The number of hydrogen-bond acceptors (Lipinski definition) is 4. The normalized spacial score (nSPS) is 16.6. The van der Waals surface area contributed by atoms with Gasteiger partial charge >= 0.3 is 5.69 Å². The van der Waals surface area contributed by atoms with Crippen LogP contribution in [0.15, 0.2) is 18.2 Å². The van der Waals surface area contributed by atoms with E-state index < -0.39 is 16.4 Å². The largest absolute Gasteiger partial charge is 0.304 e. The lowest BCUT2D eigenvalue weighted by Gasteiger charge is -2.30. The van der Waals surface area contributed by atoms with Crippen LogP contribution < -0.4 is 0 Å². The SMILES string of the molecule is CN(Cc1ccc([N+](=O)[O-])c(F)c1)C1CCC(=O)CC1. The first-order valence-corrected chi connectivity index (χ1v) is 6.62. The average Bonchev–Trinajstić information content (AvgIpc) is 2.39. The van der Waals surface area contributed by atoms with Crippen LogP contribution in [-0.4, -0.2) is 28.7 Å². The predicted molar refractivity (Wildman–Crippen MR) is 71.8 cm³/mol. The molecule has 0 N–H and O–H groups in total. The second-order valence-corrected chi connectivity index (χ2v) is 5.23. The van der Waals surface area contributed by atoms with E-state index in [-0.39, 0.29) is 0 Å². The fourth-order valence-corrected chi connectivity index (χ4v) is 2.58. The number of ketones is 1. The molecule has 1 aromatic carbocycles. The van der Waals surface area contributed by atoms with E-state index in [1.54, 1.807) is 6.07 Å². The Kier molecular flexibility index (Phi) is 4.44. The third kappa shape index (κ3) is 3.39. The predicted octanol–water partition coefficient (Wildman–Crippen LogP) is 2.68. The second kappa shape index (κ2) is 6.09. The smallest absolute Gasteiger partial charge is 0.300 e. The van der Waals surface area contributed by atoms with Crippen molar-refractivity contribution in [3.63, 3.8) is 0 Å². The van der Waals surface area contributed by atoms with Gasteiger partial charge in [0.2, 0.25) is 5.82 Å². The van der Waals surface area contributed by atoms with Crippen molar-refractivity contribution < 1.29 is 14.1 Å². The minimum absolute atomic E-state index is 0.302. The Morgan fingerprint density at radius 1 is 1.40 bits per heavy atom. The monoisotopic (exact) mass is 280 g/mol. The van der Waals surface area contributed by atoms with Gasteiger partial charge in [0.25, 0.3) is 0 Å². The summed E-state index contributed by atoms with van der Waals surface area (Å²) in [4.78, 5) is 23.1. The van der Waals surface area contributed by atoms with Gasteiger partial charge in [0.15, 0.2) is 0 Å². The van der Waals surface area contributed by atoms with Crippen molar-refractivity contribution in [2.45, 2.75) is 38.3 Å². The van der Waals surface area contributed by atoms with Crippen LogP contribution in [0.25, 0.3) is 0 Å². The van der Waals surface area contributed by atoms with Crippen molar-refractivity contribution in [1.82, 2.24) is 4.90 Å². The Morgan fingerprint density at radius 2 is 2.05 bits per heavy atom. The van der Waals surface area contributed by atoms with Gasteiger partial charge in [0.05, 0.1) is 4.92 Å². The van der Waals surface area contributed by atoms with Gasteiger partial charge in [-0.05, 0) is 31.5 Å². The Balaban J connectivity index is 2.01. The summed E-state index contributed by atoms with van der Waals surface area (Å²) in [7, 11) is 1.93. The number of nitrogens with zero attached hydrogens (tertiary/aromatic N) is 2. The molecule has 2 rings (SSSR count). The van der Waals surface area contributed by atoms with E-state index in [1.807, 2.05) is 7.05 Å². The molecule has 0 aliphatic heterocycles. The summed E-state index contributed by atoms with van der Waals surface area (Å²) >= 11 is 0. The van der Waals surface area contributed by atoms with Crippen molar-refractivity contribution in [3.8, 4) is 0 Å². The van der Waals surface area contributed by atoms with Gasteiger partial charge in [-0.1, -0.05) is 6.07 Å². The molecule has 0 radical (unpaired) electrons. The molecule has 6 heteroatoms. The van der Waals surface area contributed by atoms with Crippen LogP contribution in [0.1, 0.15) is 31.2 Å². The topological polar surface area (TPSA) is 63.4 Å². The van der Waals surface area contributed by atoms with Crippen LogP contribution in [0.5, 0.6) is 0 Å². The first-order chi connectivity index (χ1) is 9.47. The first kappa shape index (κ1) is 14.6. The van der Waals surface area contributed by atoms with Gasteiger partial charge in [0, 0.05) is 31.5 Å². The molecule has 1 fully saturated rings. The summed E-state index contributed by atoms with van der Waals surface area (Å²) in [5.74, 6) is -0.504. The third-order valence-corrected chi connectivity index (χ3v) is 3.78. The standard InChI is InChI=1S/C14H17FN2O3/c1-16(11-3-5-12(18)6-4-11)9-10-2-7-14(17(19)20)13(15)8-10/h2,7-8,11H,3-6,9H2,1H3. The number of nitro benzene ring substituents is 1. The quantitative estimate of drug-likeness (QED) is 0.628. The van der Waals surface area contributed by atoms with E-state index in [0.29, 0.717) is 36.8 Å². The van der Waals surface area contributed by atoms with Gasteiger partial charge in [-0.3, -0.25) is 19.8 Å². The van der Waals surface area contributed by atoms with E-state index in [4.69, 9.17) is 0 Å². The van der Waals surface area contributed by atoms with E-state index in [9.17, 15) is 19.3 Å². The average molecular weight is 280 g/mol. The summed E-state index contributed by atoms with van der Waals surface area (Å²) < 4.78 is 13.5.